The number of carboxylic acids is 1. The minimum Gasteiger partial charge on any atom is -0.481 e. The Morgan fingerprint density at radius 2 is 2.19 bits per heavy atom. The van der Waals surface area contributed by atoms with Gasteiger partial charge >= 0.3 is 5.97 Å². The maximum absolute atomic E-state index is 13.7. The summed E-state index contributed by atoms with van der Waals surface area (Å²) in [6, 6.07) is 4.53. The van der Waals surface area contributed by atoms with E-state index in [2.05, 4.69) is 4.98 Å². The third-order valence-corrected chi connectivity index (χ3v) is 6.66. The number of halogens is 1. The van der Waals surface area contributed by atoms with Gasteiger partial charge in [0.2, 0.25) is 0 Å². The van der Waals surface area contributed by atoms with Crippen LogP contribution in [0, 0.1) is 11.7 Å². The molecule has 3 aromatic rings. The van der Waals surface area contributed by atoms with Crippen molar-refractivity contribution in [3.63, 3.8) is 0 Å². The summed E-state index contributed by atoms with van der Waals surface area (Å²) in [7, 11) is 0. The zero-order chi connectivity index (χ0) is 19.0. The van der Waals surface area contributed by atoms with E-state index in [1.54, 1.807) is 12.3 Å². The largest absolute Gasteiger partial charge is 0.481 e. The number of aliphatic carboxylic acids is 1. The normalized spacial score (nSPS) is 14.0. The topological polar surface area (TPSA) is 72.2 Å². The van der Waals surface area contributed by atoms with Gasteiger partial charge in [-0.2, -0.15) is 0 Å². The predicted octanol–water partition coefficient (Wildman–Crippen LogP) is 4.25. The second kappa shape index (κ2) is 7.44. The summed E-state index contributed by atoms with van der Waals surface area (Å²) in [6.45, 7) is 0.806. The highest BCUT2D eigenvalue weighted by Crippen LogP contribution is 2.33. The summed E-state index contributed by atoms with van der Waals surface area (Å²) in [4.78, 5) is 27.8. The maximum atomic E-state index is 13.7. The lowest BCUT2D eigenvalue weighted by Crippen LogP contribution is -2.03. The molecule has 0 atom stereocenters. The van der Waals surface area contributed by atoms with Crippen molar-refractivity contribution in [3.05, 3.63) is 47.0 Å². The number of aromatic nitrogens is 2. The molecule has 0 saturated heterocycles. The van der Waals surface area contributed by atoms with Crippen molar-refractivity contribution < 1.29 is 19.1 Å². The molecule has 1 N–H and O–H groups in total. The van der Waals surface area contributed by atoms with Crippen LogP contribution in [0.2, 0.25) is 0 Å². The molecule has 1 fully saturated rings. The lowest BCUT2D eigenvalue weighted by molar-refractivity contribution is -0.133. The predicted molar refractivity (Wildman–Crippen MR) is 103 cm³/mol. The molecule has 5 nitrogen and oxygen atoms in total. The molecule has 8 heteroatoms. The number of hydrogen-bond donors (Lipinski definition) is 1. The second-order valence-electron chi connectivity index (χ2n) is 6.66. The van der Waals surface area contributed by atoms with Gasteiger partial charge < -0.3 is 9.67 Å². The molecule has 0 aliphatic heterocycles. The van der Waals surface area contributed by atoms with Gasteiger partial charge in [-0.3, -0.25) is 9.59 Å². The van der Waals surface area contributed by atoms with E-state index in [1.165, 1.54) is 48.1 Å². The Labute approximate surface area is 163 Å². The molecule has 0 bridgehead atoms. The van der Waals surface area contributed by atoms with E-state index in [1.807, 2.05) is 10.8 Å². The molecule has 27 heavy (non-hydrogen) atoms. The number of benzene rings is 1. The van der Waals surface area contributed by atoms with Crippen molar-refractivity contribution in [2.24, 2.45) is 5.92 Å². The molecule has 1 aliphatic rings. The first kappa shape index (κ1) is 18.2. The smallest absolute Gasteiger partial charge is 0.313 e. The number of hydrogen-bond acceptors (Lipinski definition) is 5. The third kappa shape index (κ3) is 4.22. The molecule has 0 unspecified atom stereocenters. The van der Waals surface area contributed by atoms with Gasteiger partial charge in [0, 0.05) is 23.7 Å². The number of rotatable bonds is 8. The van der Waals surface area contributed by atoms with Crippen LogP contribution in [0.15, 0.2) is 34.8 Å². The van der Waals surface area contributed by atoms with Crippen LogP contribution in [-0.4, -0.2) is 32.2 Å². The Balaban J connectivity index is 1.56. The van der Waals surface area contributed by atoms with E-state index in [-0.39, 0.29) is 23.8 Å². The first-order valence-corrected chi connectivity index (χ1v) is 10.4. The van der Waals surface area contributed by atoms with Crippen molar-refractivity contribution in [1.82, 2.24) is 9.55 Å². The molecule has 140 valence electrons. The van der Waals surface area contributed by atoms with E-state index in [9.17, 15) is 14.0 Å². The number of fused-ring (bicyclic) bond motifs is 1. The first-order chi connectivity index (χ1) is 13.0. The number of carbonyl (C=O) groups excluding carboxylic acids is 1. The Hall–Kier alpha value is -2.19. The minimum absolute atomic E-state index is 0.0319. The standard InChI is InChI=1S/C19H17FN2O3S2/c20-12-3-4-13-14(9-22(15(13)5-12)8-11-1-2-11)16(23)6-17-21-7-19(27-17)26-10-18(24)25/h3-5,7,9,11H,1-2,6,8,10H2,(H,24,25). The van der Waals surface area contributed by atoms with E-state index in [0.29, 0.717) is 16.5 Å². The van der Waals surface area contributed by atoms with Crippen LogP contribution in [0.4, 0.5) is 4.39 Å². The third-order valence-electron chi connectivity index (χ3n) is 4.48. The van der Waals surface area contributed by atoms with Crippen LogP contribution in [0.1, 0.15) is 28.2 Å². The van der Waals surface area contributed by atoms with Crippen molar-refractivity contribution >= 4 is 45.8 Å². The van der Waals surface area contributed by atoms with Gasteiger partial charge in [0.1, 0.15) is 10.8 Å². The van der Waals surface area contributed by atoms with Gasteiger partial charge in [0.05, 0.1) is 28.1 Å². The molecule has 1 saturated carbocycles. The molecule has 0 amide bonds. The summed E-state index contributed by atoms with van der Waals surface area (Å²) < 4.78 is 16.5. The summed E-state index contributed by atoms with van der Waals surface area (Å²) in [5.74, 6) is -0.682. The van der Waals surface area contributed by atoms with Crippen LogP contribution in [0.5, 0.6) is 0 Å². The van der Waals surface area contributed by atoms with Gasteiger partial charge in [0.25, 0.3) is 0 Å². The number of carbonyl (C=O) groups is 2. The van der Waals surface area contributed by atoms with E-state index < -0.39 is 5.97 Å². The first-order valence-electron chi connectivity index (χ1n) is 8.60. The fraction of sp³-hybridized carbons (Fsp3) is 0.316. The Kier molecular flexibility index (Phi) is 5.01. The maximum Gasteiger partial charge on any atom is 0.313 e. The van der Waals surface area contributed by atoms with E-state index in [4.69, 9.17) is 5.11 Å². The van der Waals surface area contributed by atoms with Crippen molar-refractivity contribution in [2.75, 3.05) is 5.75 Å². The molecular weight excluding hydrogens is 387 g/mol. The van der Waals surface area contributed by atoms with Crippen LogP contribution in [-0.2, 0) is 17.8 Å². The summed E-state index contributed by atoms with van der Waals surface area (Å²) in [5.41, 5.74) is 1.34. The van der Waals surface area contributed by atoms with Gasteiger partial charge in [-0.1, -0.05) is 0 Å². The zero-order valence-electron chi connectivity index (χ0n) is 14.4. The number of ketones is 1. The van der Waals surface area contributed by atoms with Gasteiger partial charge in [-0.15, -0.1) is 23.1 Å². The minimum atomic E-state index is -0.887. The summed E-state index contributed by atoms with van der Waals surface area (Å²) in [5, 5.41) is 10.2. The number of Topliss-reactive ketones (excluding diaryl/α,β-unsaturated/α-hetero) is 1. The Morgan fingerprint density at radius 1 is 1.37 bits per heavy atom. The lowest BCUT2D eigenvalue weighted by Gasteiger charge is -2.03. The number of thiazole rings is 1. The molecule has 4 rings (SSSR count). The van der Waals surface area contributed by atoms with Gasteiger partial charge in [-0.05, 0) is 37.0 Å². The molecule has 2 aromatic heterocycles. The molecule has 2 heterocycles. The fourth-order valence-electron chi connectivity index (χ4n) is 3.02. The van der Waals surface area contributed by atoms with Crippen LogP contribution < -0.4 is 0 Å². The van der Waals surface area contributed by atoms with Crippen molar-refractivity contribution in [3.8, 4) is 0 Å². The second-order valence-corrected chi connectivity index (χ2v) is 9.05. The SMILES string of the molecule is O=C(O)CSc1cnc(CC(=O)c2cn(CC3CC3)c3cc(F)ccc23)s1. The highest BCUT2D eigenvalue weighted by molar-refractivity contribution is 8.01. The van der Waals surface area contributed by atoms with Gasteiger partial charge in [0.15, 0.2) is 5.78 Å². The van der Waals surface area contributed by atoms with Crippen molar-refractivity contribution in [1.29, 1.82) is 0 Å². The molecule has 0 radical (unpaired) electrons. The summed E-state index contributed by atoms with van der Waals surface area (Å²) in [6.07, 6.45) is 5.94. The van der Waals surface area contributed by atoms with Crippen molar-refractivity contribution in [2.45, 2.75) is 30.0 Å². The lowest BCUT2D eigenvalue weighted by atomic mass is 10.1. The molecular formula is C19H17FN2O3S2. The molecule has 1 aromatic carbocycles. The number of carboxylic acid groups (broad SMARTS) is 1. The van der Waals surface area contributed by atoms with Gasteiger partial charge in [-0.25, -0.2) is 9.37 Å². The summed E-state index contributed by atoms with van der Waals surface area (Å²) >= 11 is 2.53. The number of thioether (sulfide) groups is 1. The monoisotopic (exact) mass is 404 g/mol. The molecule has 0 spiro atoms. The average molecular weight is 404 g/mol. The highest BCUT2D eigenvalue weighted by atomic mass is 32.2. The van der Waals surface area contributed by atoms with Crippen LogP contribution in [0.3, 0.4) is 0 Å². The quantitative estimate of drug-likeness (QED) is 0.449. The Morgan fingerprint density at radius 3 is 2.93 bits per heavy atom. The van der Waals surface area contributed by atoms with E-state index >= 15 is 0 Å². The number of nitrogens with zero attached hydrogens (tertiary/aromatic N) is 2. The van der Waals surface area contributed by atoms with Crippen LogP contribution >= 0.6 is 23.1 Å². The fourth-order valence-corrected chi connectivity index (χ4v) is 4.76. The zero-order valence-corrected chi connectivity index (χ0v) is 16.0. The van der Waals surface area contributed by atoms with E-state index in [0.717, 1.165) is 21.7 Å². The average Bonchev–Trinajstić information content (AvgIpc) is 3.21. The highest BCUT2D eigenvalue weighted by Gasteiger charge is 2.24. The van der Waals surface area contributed by atoms with Crippen LogP contribution in [0.25, 0.3) is 10.9 Å². The molecule has 1 aliphatic carbocycles. The Bertz CT molecular complexity index is 1020.